The van der Waals surface area contributed by atoms with Gasteiger partial charge in [-0.2, -0.15) is 5.10 Å². The highest BCUT2D eigenvalue weighted by atomic mass is 16.6. The van der Waals surface area contributed by atoms with Crippen LogP contribution in [0.2, 0.25) is 0 Å². The summed E-state index contributed by atoms with van der Waals surface area (Å²) >= 11 is 0. The van der Waals surface area contributed by atoms with Gasteiger partial charge in [-0.25, -0.2) is 4.52 Å². The summed E-state index contributed by atoms with van der Waals surface area (Å²) in [7, 11) is 0. The second-order valence-electron chi connectivity index (χ2n) is 3.53. The minimum Gasteiger partial charge on any atom is -0.306 e. The monoisotopic (exact) mass is 230 g/mol. The van der Waals surface area contributed by atoms with Gasteiger partial charge in [-0.1, -0.05) is 6.07 Å². The topological polar surface area (TPSA) is 93.3 Å². The highest BCUT2D eigenvalue weighted by Gasteiger charge is 2.17. The van der Waals surface area contributed by atoms with Gasteiger partial charge in [0.2, 0.25) is 0 Å². The SMILES string of the molecule is O=c1ccn2nc3cccc([N+](=O)[O-])c3c2[nH]1. The molecule has 7 heteroatoms. The standard InChI is InChI=1S/C10H6N4O3/c15-8-4-5-13-10(11-8)9-6(12-13)2-1-3-7(9)14(16)17/h1-5H,(H,11,15). The van der Waals surface area contributed by atoms with E-state index in [4.69, 9.17) is 0 Å². The molecule has 0 fully saturated rings. The fourth-order valence-electron chi connectivity index (χ4n) is 1.81. The van der Waals surface area contributed by atoms with Gasteiger partial charge in [0.05, 0.1) is 4.92 Å². The molecule has 0 aliphatic heterocycles. The van der Waals surface area contributed by atoms with Gasteiger partial charge in [0.15, 0.2) is 5.65 Å². The van der Waals surface area contributed by atoms with Crippen LogP contribution in [0, 0.1) is 10.1 Å². The largest absolute Gasteiger partial charge is 0.306 e. The predicted octanol–water partition coefficient (Wildman–Crippen LogP) is 1.08. The van der Waals surface area contributed by atoms with Crippen LogP contribution in [-0.2, 0) is 0 Å². The van der Waals surface area contributed by atoms with Gasteiger partial charge >= 0.3 is 0 Å². The first-order chi connectivity index (χ1) is 8.16. The number of benzene rings is 1. The van der Waals surface area contributed by atoms with Gasteiger partial charge in [-0.05, 0) is 6.07 Å². The smallest absolute Gasteiger partial charge is 0.282 e. The molecule has 0 aliphatic carbocycles. The van der Waals surface area contributed by atoms with E-state index in [0.29, 0.717) is 16.6 Å². The van der Waals surface area contributed by atoms with Gasteiger partial charge in [0.1, 0.15) is 10.9 Å². The number of hydrogen-bond donors (Lipinski definition) is 1. The van der Waals surface area contributed by atoms with Crippen LogP contribution < -0.4 is 5.56 Å². The van der Waals surface area contributed by atoms with E-state index in [1.165, 1.54) is 22.8 Å². The van der Waals surface area contributed by atoms with Crippen molar-refractivity contribution < 1.29 is 4.92 Å². The van der Waals surface area contributed by atoms with Crippen LogP contribution in [0.3, 0.4) is 0 Å². The fraction of sp³-hybridized carbons (Fsp3) is 0. The molecule has 84 valence electrons. The number of nitrogens with one attached hydrogen (secondary N) is 1. The first-order valence-electron chi connectivity index (χ1n) is 4.81. The molecule has 7 nitrogen and oxygen atoms in total. The van der Waals surface area contributed by atoms with Crippen molar-refractivity contribution in [1.82, 2.24) is 14.6 Å². The summed E-state index contributed by atoms with van der Waals surface area (Å²) in [5.74, 6) is 0. The average Bonchev–Trinajstić information content (AvgIpc) is 2.66. The molecule has 0 saturated heterocycles. The summed E-state index contributed by atoms with van der Waals surface area (Å²) in [6.45, 7) is 0. The first kappa shape index (κ1) is 9.52. The number of fused-ring (bicyclic) bond motifs is 3. The summed E-state index contributed by atoms with van der Waals surface area (Å²) in [6, 6.07) is 5.92. The summed E-state index contributed by atoms with van der Waals surface area (Å²) in [4.78, 5) is 24.2. The number of rotatable bonds is 1. The van der Waals surface area contributed by atoms with Crippen LogP contribution in [0.1, 0.15) is 0 Å². The Morgan fingerprint density at radius 2 is 2.18 bits per heavy atom. The third-order valence-corrected chi connectivity index (χ3v) is 2.51. The maximum atomic E-state index is 11.2. The Bertz CT molecular complexity index is 802. The lowest BCUT2D eigenvalue weighted by Gasteiger charge is -1.93. The van der Waals surface area contributed by atoms with Gasteiger partial charge in [0.25, 0.3) is 11.2 Å². The van der Waals surface area contributed by atoms with Crippen molar-refractivity contribution in [3.8, 4) is 0 Å². The number of hydrogen-bond acceptors (Lipinski definition) is 4. The van der Waals surface area contributed by atoms with E-state index in [9.17, 15) is 14.9 Å². The maximum absolute atomic E-state index is 11.2. The molecule has 1 aromatic carbocycles. The normalized spacial score (nSPS) is 11.1. The van der Waals surface area contributed by atoms with E-state index in [1.54, 1.807) is 12.1 Å². The molecule has 2 heterocycles. The van der Waals surface area contributed by atoms with Crippen LogP contribution in [-0.4, -0.2) is 19.5 Å². The summed E-state index contributed by atoms with van der Waals surface area (Å²) in [5, 5.41) is 15.4. The summed E-state index contributed by atoms with van der Waals surface area (Å²) in [6.07, 6.45) is 1.47. The van der Waals surface area contributed by atoms with E-state index in [0.717, 1.165) is 0 Å². The van der Waals surface area contributed by atoms with Crippen molar-refractivity contribution in [1.29, 1.82) is 0 Å². The minimum atomic E-state index is -0.491. The van der Waals surface area contributed by atoms with Crippen LogP contribution in [0.25, 0.3) is 16.6 Å². The van der Waals surface area contributed by atoms with E-state index in [1.807, 2.05) is 0 Å². The highest BCUT2D eigenvalue weighted by molar-refractivity contribution is 5.99. The van der Waals surface area contributed by atoms with Crippen molar-refractivity contribution in [2.75, 3.05) is 0 Å². The lowest BCUT2D eigenvalue weighted by Crippen LogP contribution is -2.05. The molecular formula is C10H6N4O3. The zero-order valence-electron chi connectivity index (χ0n) is 8.45. The lowest BCUT2D eigenvalue weighted by molar-refractivity contribution is -0.383. The third-order valence-electron chi connectivity index (χ3n) is 2.51. The number of nitro groups is 1. The first-order valence-corrected chi connectivity index (χ1v) is 4.81. The molecule has 1 N–H and O–H groups in total. The molecule has 0 aliphatic rings. The minimum absolute atomic E-state index is 0.0700. The van der Waals surface area contributed by atoms with E-state index in [-0.39, 0.29) is 11.2 Å². The van der Waals surface area contributed by atoms with E-state index in [2.05, 4.69) is 10.1 Å². The Balaban J connectivity index is 2.60. The van der Waals surface area contributed by atoms with Gasteiger partial charge in [-0.3, -0.25) is 14.9 Å². The molecule has 17 heavy (non-hydrogen) atoms. The molecule has 3 rings (SSSR count). The molecule has 0 amide bonds. The van der Waals surface area contributed by atoms with Gasteiger partial charge < -0.3 is 4.98 Å². The summed E-state index contributed by atoms with van der Waals surface area (Å²) in [5.41, 5.74) is 0.414. The number of nitro benzene ring substituents is 1. The molecular weight excluding hydrogens is 224 g/mol. The van der Waals surface area contributed by atoms with Gasteiger partial charge in [0, 0.05) is 18.3 Å². The molecule has 2 aromatic heterocycles. The van der Waals surface area contributed by atoms with Crippen LogP contribution in [0.5, 0.6) is 0 Å². The number of non-ortho nitro benzene ring substituents is 1. The third kappa shape index (κ3) is 1.29. The highest BCUT2D eigenvalue weighted by Crippen LogP contribution is 2.27. The lowest BCUT2D eigenvalue weighted by atomic mass is 10.2. The zero-order chi connectivity index (χ0) is 12.0. The number of aromatic nitrogens is 3. The maximum Gasteiger partial charge on any atom is 0.282 e. The number of H-pyrrole nitrogens is 1. The Hall–Kier alpha value is -2.70. The van der Waals surface area contributed by atoms with Crippen molar-refractivity contribution in [3.63, 3.8) is 0 Å². The molecule has 0 radical (unpaired) electrons. The van der Waals surface area contributed by atoms with Crippen LogP contribution >= 0.6 is 0 Å². The molecule has 0 unspecified atom stereocenters. The van der Waals surface area contributed by atoms with Crippen LogP contribution in [0.15, 0.2) is 35.3 Å². The Kier molecular flexibility index (Phi) is 1.76. The summed E-state index contributed by atoms with van der Waals surface area (Å²) < 4.78 is 1.42. The van der Waals surface area contributed by atoms with Crippen molar-refractivity contribution in [3.05, 3.63) is 50.9 Å². The van der Waals surface area contributed by atoms with Crippen molar-refractivity contribution >= 4 is 22.2 Å². The fourth-order valence-corrected chi connectivity index (χ4v) is 1.81. The van der Waals surface area contributed by atoms with Crippen molar-refractivity contribution in [2.45, 2.75) is 0 Å². The molecule has 0 saturated carbocycles. The Morgan fingerprint density at radius 3 is 2.94 bits per heavy atom. The van der Waals surface area contributed by atoms with Gasteiger partial charge in [-0.15, -0.1) is 0 Å². The Labute approximate surface area is 93.5 Å². The molecule has 3 aromatic rings. The number of aromatic amines is 1. The number of nitrogens with zero attached hydrogens (tertiary/aromatic N) is 3. The second-order valence-corrected chi connectivity index (χ2v) is 3.53. The quantitative estimate of drug-likeness (QED) is 0.500. The zero-order valence-corrected chi connectivity index (χ0v) is 8.45. The molecule has 0 spiro atoms. The molecule has 0 bridgehead atoms. The van der Waals surface area contributed by atoms with Crippen molar-refractivity contribution in [2.24, 2.45) is 0 Å². The molecule has 0 atom stereocenters. The average molecular weight is 230 g/mol. The van der Waals surface area contributed by atoms with E-state index < -0.39 is 4.92 Å². The predicted molar refractivity (Wildman–Crippen MR) is 60.0 cm³/mol. The van der Waals surface area contributed by atoms with E-state index >= 15 is 0 Å². The second kappa shape index (κ2) is 3.14. The van der Waals surface area contributed by atoms with Crippen LogP contribution in [0.4, 0.5) is 5.69 Å². The Morgan fingerprint density at radius 1 is 1.35 bits per heavy atom.